The normalized spacial score (nSPS) is 12.8. The predicted molar refractivity (Wildman–Crippen MR) is 213 cm³/mol. The number of fused-ring (bicyclic) bond motifs is 3. The second-order valence-electron chi connectivity index (χ2n) is 13.6. The van der Waals surface area contributed by atoms with Crippen LogP contribution in [0.25, 0.3) is 23.3 Å². The summed E-state index contributed by atoms with van der Waals surface area (Å²) in [5, 5.41) is 0. The third kappa shape index (κ3) is 5.90. The molecule has 1 aliphatic rings. The molecule has 0 radical (unpaired) electrons. The van der Waals surface area contributed by atoms with Crippen molar-refractivity contribution >= 4 is 46.3 Å². The Morgan fingerprint density at radius 3 is 1.30 bits per heavy atom. The van der Waals surface area contributed by atoms with Gasteiger partial charge in [-0.05, 0) is 113 Å². The third-order valence-corrected chi connectivity index (χ3v) is 9.90. The van der Waals surface area contributed by atoms with Crippen LogP contribution in [-0.4, -0.2) is 0 Å². The molecule has 7 aromatic rings. The van der Waals surface area contributed by atoms with Gasteiger partial charge in [0.15, 0.2) is 0 Å². The van der Waals surface area contributed by atoms with Gasteiger partial charge in [0.05, 0.1) is 0 Å². The first-order chi connectivity index (χ1) is 24.5. The standard InChI is InChI=1S/C48H40N2/c1-35-19-26-41(27-20-35)50(40-17-11-6-12-18-40)43-30-32-45-44-31-25-37(33-46(44)48(2,3)47(45)34-43)22-21-36-23-28-42(29-24-36)49(38-13-7-4-8-14-38)39-15-9-5-10-16-39/h4-34H,1-3H3. The lowest BCUT2D eigenvalue weighted by Crippen LogP contribution is -2.16. The Balaban J connectivity index is 1.07. The minimum absolute atomic E-state index is 0.139. The van der Waals surface area contributed by atoms with Gasteiger partial charge in [0.1, 0.15) is 0 Å². The Labute approximate surface area is 296 Å². The Kier molecular flexibility index (Phi) is 8.14. The summed E-state index contributed by atoms with van der Waals surface area (Å²) in [4.78, 5) is 4.65. The van der Waals surface area contributed by atoms with E-state index in [4.69, 9.17) is 0 Å². The zero-order valence-electron chi connectivity index (χ0n) is 28.8. The molecule has 50 heavy (non-hydrogen) atoms. The number of rotatable bonds is 8. The Bertz CT molecular complexity index is 2230. The van der Waals surface area contributed by atoms with E-state index < -0.39 is 0 Å². The van der Waals surface area contributed by atoms with E-state index in [9.17, 15) is 0 Å². The van der Waals surface area contributed by atoms with Gasteiger partial charge in [-0.25, -0.2) is 0 Å². The monoisotopic (exact) mass is 644 g/mol. The molecular weight excluding hydrogens is 605 g/mol. The first-order valence-electron chi connectivity index (χ1n) is 17.4. The molecule has 0 unspecified atom stereocenters. The van der Waals surface area contributed by atoms with Crippen LogP contribution in [0.5, 0.6) is 0 Å². The molecule has 0 saturated carbocycles. The minimum atomic E-state index is -0.139. The van der Waals surface area contributed by atoms with Crippen molar-refractivity contribution in [1.29, 1.82) is 0 Å². The fourth-order valence-electron chi connectivity index (χ4n) is 7.23. The molecule has 0 aliphatic heterocycles. The molecule has 2 heteroatoms. The van der Waals surface area contributed by atoms with Gasteiger partial charge in [-0.15, -0.1) is 0 Å². The Morgan fingerprint density at radius 2 is 0.760 bits per heavy atom. The molecule has 0 amide bonds. The number of hydrogen-bond acceptors (Lipinski definition) is 2. The van der Waals surface area contributed by atoms with Crippen molar-refractivity contribution < 1.29 is 0 Å². The van der Waals surface area contributed by atoms with Gasteiger partial charge in [0, 0.05) is 39.5 Å². The van der Waals surface area contributed by atoms with Gasteiger partial charge in [-0.1, -0.05) is 135 Å². The van der Waals surface area contributed by atoms with Crippen LogP contribution in [0.2, 0.25) is 0 Å². The fraction of sp³-hybridized carbons (Fsp3) is 0.0833. The number of hydrogen-bond donors (Lipinski definition) is 0. The van der Waals surface area contributed by atoms with Gasteiger partial charge >= 0.3 is 0 Å². The molecule has 0 atom stereocenters. The molecule has 8 rings (SSSR count). The molecule has 0 aromatic heterocycles. The maximum atomic E-state index is 2.40. The van der Waals surface area contributed by atoms with Gasteiger partial charge in [-0.3, -0.25) is 0 Å². The molecule has 2 nitrogen and oxygen atoms in total. The lowest BCUT2D eigenvalue weighted by molar-refractivity contribution is 0.660. The second-order valence-corrected chi connectivity index (χ2v) is 13.6. The molecule has 7 aromatic carbocycles. The summed E-state index contributed by atoms with van der Waals surface area (Å²) in [7, 11) is 0. The quantitative estimate of drug-likeness (QED) is 0.152. The van der Waals surface area contributed by atoms with Gasteiger partial charge in [0.25, 0.3) is 0 Å². The number of nitrogens with zero attached hydrogens (tertiary/aromatic N) is 2. The van der Waals surface area contributed by atoms with Crippen LogP contribution in [0.1, 0.15) is 41.7 Å². The molecule has 0 bridgehead atoms. The van der Waals surface area contributed by atoms with Crippen LogP contribution < -0.4 is 9.80 Å². The van der Waals surface area contributed by atoms with E-state index >= 15 is 0 Å². The van der Waals surface area contributed by atoms with Crippen LogP contribution in [0.15, 0.2) is 176 Å². The number of benzene rings is 7. The van der Waals surface area contributed by atoms with Crippen molar-refractivity contribution in [1.82, 2.24) is 0 Å². The highest BCUT2D eigenvalue weighted by atomic mass is 15.1. The topological polar surface area (TPSA) is 6.48 Å². The summed E-state index contributed by atoms with van der Waals surface area (Å²) in [6.45, 7) is 6.85. The van der Waals surface area contributed by atoms with Crippen LogP contribution in [0, 0.1) is 6.92 Å². The number of aryl methyl sites for hydroxylation is 1. The van der Waals surface area contributed by atoms with Crippen LogP contribution in [0.4, 0.5) is 34.1 Å². The van der Waals surface area contributed by atoms with E-state index in [0.717, 1.165) is 28.4 Å². The average molecular weight is 645 g/mol. The van der Waals surface area contributed by atoms with Crippen molar-refractivity contribution in [2.24, 2.45) is 0 Å². The first kappa shape index (κ1) is 31.2. The molecule has 1 aliphatic carbocycles. The predicted octanol–water partition coefficient (Wildman–Crippen LogP) is 13.4. The lowest BCUT2D eigenvalue weighted by atomic mass is 9.81. The summed E-state index contributed by atoms with van der Waals surface area (Å²) in [6.07, 6.45) is 4.45. The van der Waals surface area contributed by atoms with E-state index in [2.05, 4.69) is 219 Å². The van der Waals surface area contributed by atoms with Crippen LogP contribution in [0.3, 0.4) is 0 Å². The SMILES string of the molecule is Cc1ccc(N(c2ccccc2)c2ccc3c(c2)C(C)(C)c2cc(C=Cc4ccc(N(c5ccccc5)c5ccccc5)cc4)ccc2-3)cc1. The highest BCUT2D eigenvalue weighted by Crippen LogP contribution is 2.51. The summed E-state index contributed by atoms with van der Waals surface area (Å²) < 4.78 is 0. The van der Waals surface area contributed by atoms with Crippen molar-refractivity contribution in [3.63, 3.8) is 0 Å². The molecule has 242 valence electrons. The maximum absolute atomic E-state index is 2.40. The van der Waals surface area contributed by atoms with E-state index in [0.29, 0.717) is 0 Å². The molecule has 0 heterocycles. The molecule has 0 spiro atoms. The first-order valence-corrected chi connectivity index (χ1v) is 17.4. The number of anilines is 6. The van der Waals surface area contributed by atoms with E-state index in [1.807, 2.05) is 0 Å². The largest absolute Gasteiger partial charge is 0.311 e. The number of para-hydroxylation sites is 3. The smallest absolute Gasteiger partial charge is 0.0465 e. The molecule has 0 fully saturated rings. The molecular formula is C48H40N2. The van der Waals surface area contributed by atoms with Gasteiger partial charge in [-0.2, -0.15) is 0 Å². The van der Waals surface area contributed by atoms with Gasteiger partial charge < -0.3 is 9.80 Å². The summed E-state index contributed by atoms with van der Waals surface area (Å²) in [5.41, 5.74) is 15.7. The van der Waals surface area contributed by atoms with Crippen molar-refractivity contribution in [2.75, 3.05) is 9.80 Å². The second kappa shape index (κ2) is 13.1. The maximum Gasteiger partial charge on any atom is 0.0465 e. The highest BCUT2D eigenvalue weighted by Gasteiger charge is 2.36. The Morgan fingerprint density at radius 1 is 0.380 bits per heavy atom. The van der Waals surface area contributed by atoms with E-state index in [1.54, 1.807) is 0 Å². The summed E-state index contributed by atoms with van der Waals surface area (Å²) in [6, 6.07) is 63.2. The van der Waals surface area contributed by atoms with Gasteiger partial charge in [0.2, 0.25) is 0 Å². The zero-order valence-corrected chi connectivity index (χ0v) is 28.8. The molecule has 0 saturated heterocycles. The highest BCUT2D eigenvalue weighted by molar-refractivity contribution is 5.87. The average Bonchev–Trinajstić information content (AvgIpc) is 3.38. The fourth-order valence-corrected chi connectivity index (χ4v) is 7.23. The molecule has 0 N–H and O–H groups in total. The zero-order chi connectivity index (χ0) is 34.1. The van der Waals surface area contributed by atoms with Crippen LogP contribution >= 0.6 is 0 Å². The summed E-state index contributed by atoms with van der Waals surface area (Å²) in [5.74, 6) is 0. The lowest BCUT2D eigenvalue weighted by Gasteiger charge is -2.28. The van der Waals surface area contributed by atoms with E-state index in [1.165, 1.54) is 44.6 Å². The summed E-state index contributed by atoms with van der Waals surface area (Å²) >= 11 is 0. The minimum Gasteiger partial charge on any atom is -0.311 e. The van der Waals surface area contributed by atoms with Crippen LogP contribution in [-0.2, 0) is 5.41 Å². The third-order valence-electron chi connectivity index (χ3n) is 9.90. The van der Waals surface area contributed by atoms with E-state index in [-0.39, 0.29) is 5.41 Å². The van der Waals surface area contributed by atoms with Crippen molar-refractivity contribution in [3.05, 3.63) is 204 Å². The Hall–Kier alpha value is -6.12. The van der Waals surface area contributed by atoms with Crippen molar-refractivity contribution in [3.8, 4) is 11.1 Å². The van der Waals surface area contributed by atoms with Crippen molar-refractivity contribution in [2.45, 2.75) is 26.2 Å².